The van der Waals surface area contributed by atoms with Crippen LogP contribution < -0.4 is 0 Å². The van der Waals surface area contributed by atoms with Crippen molar-refractivity contribution < 1.29 is 4.42 Å². The van der Waals surface area contributed by atoms with Crippen LogP contribution in [0.25, 0.3) is 133 Å². The topological polar surface area (TPSA) is 64.7 Å². The Kier molecular flexibility index (Phi) is 9.10. The number of benzene rings is 9. The highest BCUT2D eigenvalue weighted by atomic mass is 16.3. The van der Waals surface area contributed by atoms with E-state index in [-0.39, 0.29) is 0 Å². The van der Waals surface area contributed by atoms with E-state index in [0.29, 0.717) is 5.82 Å². The molecule has 312 valence electrons. The molecule has 0 atom stereocenters. The third-order valence-corrected chi connectivity index (χ3v) is 12.9. The average molecular weight is 855 g/mol. The lowest BCUT2D eigenvalue weighted by Crippen LogP contribution is -1.96. The van der Waals surface area contributed by atoms with Crippen molar-refractivity contribution in [2.24, 2.45) is 0 Å². The van der Waals surface area contributed by atoms with E-state index in [2.05, 4.69) is 188 Å². The zero-order valence-corrected chi connectivity index (χ0v) is 36.1. The molecule has 5 heteroatoms. The summed E-state index contributed by atoms with van der Waals surface area (Å²) in [5, 5.41) is 6.57. The Balaban J connectivity index is 0.886. The highest BCUT2D eigenvalue weighted by Gasteiger charge is 2.18. The van der Waals surface area contributed by atoms with Gasteiger partial charge in [-0.3, -0.25) is 0 Å². The maximum Gasteiger partial charge on any atom is 0.160 e. The number of hydrogen-bond acceptors (Lipinski definition) is 5. The predicted octanol–water partition coefficient (Wildman–Crippen LogP) is 16.3. The van der Waals surface area contributed by atoms with Crippen LogP contribution in [0.4, 0.5) is 0 Å². The molecule has 4 heterocycles. The van der Waals surface area contributed by atoms with Crippen LogP contribution in [0.15, 0.2) is 235 Å². The van der Waals surface area contributed by atoms with Crippen molar-refractivity contribution in [2.75, 3.05) is 0 Å². The zero-order valence-electron chi connectivity index (χ0n) is 36.1. The van der Waals surface area contributed by atoms with Gasteiger partial charge in [0.2, 0.25) is 0 Å². The predicted molar refractivity (Wildman–Crippen MR) is 275 cm³/mol. The van der Waals surface area contributed by atoms with E-state index in [1.165, 1.54) is 0 Å². The maximum absolute atomic E-state index is 6.38. The fourth-order valence-corrected chi connectivity index (χ4v) is 9.52. The Hall–Kier alpha value is -9.06. The number of fused-ring (bicyclic) bond motifs is 8. The SMILES string of the molecule is c1ccc(-c2ccc3ccc4c5cc(-c6ccc(-c7cc(-c8ccc(-c9cccc%10c9oc9ccccc9%10)cc8)nc(-c8ccccc8)n7)cc6)ccc5nc(-c5ccccc5)c4c3n2)cc1. The fraction of sp³-hybridized carbons (Fsp3) is 0. The molecule has 0 spiro atoms. The number of nitrogens with zero attached hydrogens (tertiary/aromatic N) is 4. The molecule has 0 unspecified atom stereocenters. The number of furan rings is 1. The van der Waals surface area contributed by atoms with Gasteiger partial charge in [-0.15, -0.1) is 0 Å². The lowest BCUT2D eigenvalue weighted by Gasteiger charge is -2.14. The average Bonchev–Trinajstić information content (AvgIpc) is 3.80. The Labute approximate surface area is 386 Å². The summed E-state index contributed by atoms with van der Waals surface area (Å²) < 4.78 is 6.38. The first-order valence-electron chi connectivity index (χ1n) is 22.5. The van der Waals surface area contributed by atoms with Gasteiger partial charge in [-0.05, 0) is 52.4 Å². The highest BCUT2D eigenvalue weighted by Crippen LogP contribution is 2.40. The molecule has 67 heavy (non-hydrogen) atoms. The second-order valence-electron chi connectivity index (χ2n) is 16.9. The van der Waals surface area contributed by atoms with E-state index in [0.717, 1.165) is 127 Å². The van der Waals surface area contributed by atoms with Gasteiger partial charge in [-0.1, -0.05) is 200 Å². The van der Waals surface area contributed by atoms with E-state index >= 15 is 0 Å². The molecule has 4 aromatic heterocycles. The van der Waals surface area contributed by atoms with Crippen molar-refractivity contribution in [1.82, 2.24) is 19.9 Å². The molecule has 0 saturated heterocycles. The van der Waals surface area contributed by atoms with E-state index in [4.69, 9.17) is 24.4 Å². The fourth-order valence-electron chi connectivity index (χ4n) is 9.52. The summed E-state index contributed by atoms with van der Waals surface area (Å²) in [6, 6.07) is 80.2. The molecule has 0 fully saturated rings. The van der Waals surface area contributed by atoms with Gasteiger partial charge in [-0.25, -0.2) is 19.9 Å². The molecule has 0 saturated carbocycles. The molecule has 13 rings (SSSR count). The summed E-state index contributed by atoms with van der Waals surface area (Å²) in [6.07, 6.45) is 0. The molecule has 0 N–H and O–H groups in total. The van der Waals surface area contributed by atoms with E-state index in [1.807, 2.05) is 42.5 Å². The molecular formula is C62H38N4O. The van der Waals surface area contributed by atoms with Gasteiger partial charge in [0.05, 0.1) is 33.8 Å². The summed E-state index contributed by atoms with van der Waals surface area (Å²) in [5.74, 6) is 0.676. The highest BCUT2D eigenvalue weighted by molar-refractivity contribution is 6.20. The Bertz CT molecular complexity index is 4000. The van der Waals surface area contributed by atoms with Gasteiger partial charge in [0.1, 0.15) is 11.2 Å². The van der Waals surface area contributed by atoms with Crippen LogP contribution in [0.3, 0.4) is 0 Å². The summed E-state index contributed by atoms with van der Waals surface area (Å²) in [5.41, 5.74) is 16.7. The first-order valence-corrected chi connectivity index (χ1v) is 22.5. The quantitative estimate of drug-likeness (QED) is 0.149. The molecule has 0 amide bonds. The largest absolute Gasteiger partial charge is 0.455 e. The number of hydrogen-bond donors (Lipinski definition) is 0. The van der Waals surface area contributed by atoms with Crippen molar-refractivity contribution in [3.63, 3.8) is 0 Å². The van der Waals surface area contributed by atoms with Crippen molar-refractivity contribution >= 4 is 54.5 Å². The third-order valence-electron chi connectivity index (χ3n) is 12.9. The normalized spacial score (nSPS) is 11.6. The Morgan fingerprint density at radius 2 is 0.896 bits per heavy atom. The summed E-state index contributed by atoms with van der Waals surface area (Å²) in [4.78, 5) is 20.9. The minimum Gasteiger partial charge on any atom is -0.455 e. The maximum atomic E-state index is 6.38. The Morgan fingerprint density at radius 3 is 1.63 bits per heavy atom. The molecule has 0 bridgehead atoms. The summed E-state index contributed by atoms with van der Waals surface area (Å²) in [6.45, 7) is 0. The van der Waals surface area contributed by atoms with Gasteiger partial charge in [0.15, 0.2) is 5.82 Å². The summed E-state index contributed by atoms with van der Waals surface area (Å²) in [7, 11) is 0. The van der Waals surface area contributed by atoms with E-state index in [1.54, 1.807) is 0 Å². The van der Waals surface area contributed by atoms with Crippen LogP contribution >= 0.6 is 0 Å². The van der Waals surface area contributed by atoms with Gasteiger partial charge >= 0.3 is 0 Å². The summed E-state index contributed by atoms with van der Waals surface area (Å²) >= 11 is 0. The zero-order chi connectivity index (χ0) is 44.3. The molecule has 5 nitrogen and oxygen atoms in total. The molecule has 0 aliphatic rings. The molecule has 0 radical (unpaired) electrons. The van der Waals surface area contributed by atoms with Crippen molar-refractivity contribution in [2.45, 2.75) is 0 Å². The second kappa shape index (κ2) is 15.9. The number of pyridine rings is 2. The van der Waals surface area contributed by atoms with Crippen molar-refractivity contribution in [3.05, 3.63) is 231 Å². The van der Waals surface area contributed by atoms with Gasteiger partial charge in [-0.2, -0.15) is 0 Å². The second-order valence-corrected chi connectivity index (χ2v) is 16.9. The van der Waals surface area contributed by atoms with Crippen LogP contribution in [0.5, 0.6) is 0 Å². The van der Waals surface area contributed by atoms with Crippen molar-refractivity contribution in [1.29, 1.82) is 0 Å². The van der Waals surface area contributed by atoms with E-state index in [9.17, 15) is 0 Å². The molecule has 0 aliphatic carbocycles. The lowest BCUT2D eigenvalue weighted by atomic mass is 9.94. The van der Waals surface area contributed by atoms with Crippen LogP contribution in [0.2, 0.25) is 0 Å². The molecule has 9 aromatic carbocycles. The van der Waals surface area contributed by atoms with Gasteiger partial charge in [0.25, 0.3) is 0 Å². The van der Waals surface area contributed by atoms with Gasteiger partial charge < -0.3 is 4.42 Å². The standard InChI is InChI=1S/C62H38N4O/c1-4-13-41(14-5-1)53-35-32-45-31-34-50-52-37-47(33-36-54(52)64-59(58(50)60(45)63-53)44-15-6-2-7-16-44)39-23-27-42(28-24-39)55-38-56(66-62(65-55)46-17-8-3-9-18-46)43-29-25-40(26-30-43)48-20-12-21-51-49-19-10-11-22-57(49)67-61(48)51/h1-38H. The number of para-hydroxylation sites is 2. The monoisotopic (exact) mass is 854 g/mol. The molecular weight excluding hydrogens is 817 g/mol. The van der Waals surface area contributed by atoms with E-state index < -0.39 is 0 Å². The molecule has 0 aliphatic heterocycles. The first-order chi connectivity index (χ1) is 33.2. The number of aromatic nitrogens is 4. The van der Waals surface area contributed by atoms with Crippen LogP contribution in [0.1, 0.15) is 0 Å². The first kappa shape index (κ1) is 38.4. The minimum absolute atomic E-state index is 0.676. The minimum atomic E-state index is 0.676. The van der Waals surface area contributed by atoms with Crippen LogP contribution in [-0.4, -0.2) is 19.9 Å². The van der Waals surface area contributed by atoms with Crippen LogP contribution in [0, 0.1) is 0 Å². The third kappa shape index (κ3) is 6.80. The number of rotatable bonds is 7. The lowest BCUT2D eigenvalue weighted by molar-refractivity contribution is 0.670. The van der Waals surface area contributed by atoms with Crippen molar-refractivity contribution in [3.8, 4) is 78.7 Å². The Morgan fingerprint density at radius 1 is 0.313 bits per heavy atom. The smallest absolute Gasteiger partial charge is 0.160 e. The van der Waals surface area contributed by atoms with Gasteiger partial charge in [0, 0.05) is 60.3 Å². The molecule has 13 aromatic rings. The van der Waals surface area contributed by atoms with Crippen LogP contribution in [-0.2, 0) is 0 Å².